The quantitative estimate of drug-likeness (QED) is 0.0531. The van der Waals surface area contributed by atoms with Crippen LogP contribution in [0.3, 0.4) is 0 Å². The van der Waals surface area contributed by atoms with Gasteiger partial charge in [-0.15, -0.1) is 0 Å². The fraction of sp³-hybridized carbons (Fsp3) is 0.278. The number of aliphatic hydroxyl groups is 1. The zero-order chi connectivity index (χ0) is 33.5. The van der Waals surface area contributed by atoms with E-state index in [0.29, 0.717) is 47.3 Å². The molecule has 1 aromatic heterocycles. The Balaban J connectivity index is 1.61. The molecule has 5 rings (SSSR count). The van der Waals surface area contributed by atoms with Crippen molar-refractivity contribution in [1.82, 2.24) is 4.98 Å². The van der Waals surface area contributed by atoms with Gasteiger partial charge >= 0.3 is 11.9 Å². The maximum Gasteiger partial charge on any atom is 0.350 e. The minimum absolute atomic E-state index is 0.108. The van der Waals surface area contributed by atoms with Crippen LogP contribution in [0, 0.1) is 6.92 Å². The number of nitrogens with zero attached hydrogens (tertiary/aromatic N) is 2. The third kappa shape index (κ3) is 7.15. The lowest BCUT2D eigenvalue weighted by atomic mass is 9.95. The number of unbranched alkanes of at least 4 members (excludes halogenated alkanes) is 1. The first-order chi connectivity index (χ1) is 22.8. The second kappa shape index (κ2) is 15.0. The number of methoxy groups -OCH3 is 1. The number of amides is 1. The molecular weight excluding hydrogens is 620 g/mol. The molecule has 2 heterocycles. The van der Waals surface area contributed by atoms with Crippen molar-refractivity contribution < 1.29 is 38.4 Å². The Bertz CT molecular complexity index is 1800. The first kappa shape index (κ1) is 33.2. The number of ether oxygens (including phenoxy) is 4. The number of ketones is 1. The number of anilines is 1. The lowest BCUT2D eigenvalue weighted by Gasteiger charge is -2.24. The molecule has 0 aliphatic carbocycles. The van der Waals surface area contributed by atoms with E-state index in [-0.39, 0.29) is 27.9 Å². The Morgan fingerprint density at radius 3 is 2.49 bits per heavy atom. The van der Waals surface area contributed by atoms with Gasteiger partial charge in [-0.25, -0.2) is 9.78 Å². The predicted octanol–water partition coefficient (Wildman–Crippen LogP) is 7.02. The number of benzene rings is 3. The van der Waals surface area contributed by atoms with Crippen molar-refractivity contribution in [3.63, 3.8) is 0 Å². The second-order valence-electron chi connectivity index (χ2n) is 10.7. The molecule has 1 amide bonds. The number of aromatic nitrogens is 1. The summed E-state index contributed by atoms with van der Waals surface area (Å²) in [5.74, 6) is -1.44. The summed E-state index contributed by atoms with van der Waals surface area (Å²) in [5, 5.41) is 11.8. The third-order valence-electron chi connectivity index (χ3n) is 7.51. The highest BCUT2D eigenvalue weighted by molar-refractivity contribution is 7.17. The van der Waals surface area contributed by atoms with E-state index in [1.54, 1.807) is 56.3 Å². The molecule has 1 unspecified atom stereocenters. The third-order valence-corrected chi connectivity index (χ3v) is 8.65. The van der Waals surface area contributed by atoms with Crippen molar-refractivity contribution >= 4 is 39.9 Å². The summed E-state index contributed by atoms with van der Waals surface area (Å²) >= 11 is 0.938. The van der Waals surface area contributed by atoms with Gasteiger partial charge in [0.05, 0.1) is 37.6 Å². The topological polar surface area (TPSA) is 124 Å². The molecule has 0 radical (unpaired) electrons. The first-order valence-corrected chi connectivity index (χ1v) is 16.1. The summed E-state index contributed by atoms with van der Waals surface area (Å²) in [6, 6.07) is 20.3. The summed E-state index contributed by atoms with van der Waals surface area (Å²) in [5.41, 5.74) is 1.92. The Morgan fingerprint density at radius 2 is 1.77 bits per heavy atom. The van der Waals surface area contributed by atoms with Crippen molar-refractivity contribution in [3.05, 3.63) is 106 Å². The predicted molar refractivity (Wildman–Crippen MR) is 178 cm³/mol. The summed E-state index contributed by atoms with van der Waals surface area (Å²) in [7, 11) is 1.49. The fourth-order valence-electron chi connectivity index (χ4n) is 5.15. The van der Waals surface area contributed by atoms with Gasteiger partial charge in [-0.05, 0) is 55.7 Å². The SMILES string of the molecule is CCCCOc1cccc(C(O)=C2C(=O)C(=O)N(c3nc(C)c(C(=O)OCC)s3)C2c2ccc(OCc3ccccc3)c(OC)c2)c1. The normalized spacial score (nSPS) is 15.5. The monoisotopic (exact) mass is 656 g/mol. The molecule has 1 saturated heterocycles. The average Bonchev–Trinajstić information content (AvgIpc) is 3.60. The van der Waals surface area contributed by atoms with Crippen molar-refractivity contribution in [3.8, 4) is 17.2 Å². The summed E-state index contributed by atoms with van der Waals surface area (Å²) in [4.78, 5) is 46.1. The highest BCUT2D eigenvalue weighted by atomic mass is 32.1. The largest absolute Gasteiger partial charge is 0.507 e. The van der Waals surface area contributed by atoms with E-state index in [0.717, 1.165) is 29.7 Å². The zero-order valence-corrected chi connectivity index (χ0v) is 27.5. The Hall–Kier alpha value is -5.16. The molecule has 0 bridgehead atoms. The molecule has 1 fully saturated rings. The smallest absolute Gasteiger partial charge is 0.350 e. The summed E-state index contributed by atoms with van der Waals surface area (Å²) in [6.07, 6.45) is 1.81. The molecule has 1 N–H and O–H groups in total. The highest BCUT2D eigenvalue weighted by Crippen LogP contribution is 2.46. The van der Waals surface area contributed by atoms with E-state index in [2.05, 4.69) is 11.9 Å². The van der Waals surface area contributed by atoms with Crippen LogP contribution < -0.4 is 19.1 Å². The average molecular weight is 657 g/mol. The second-order valence-corrected chi connectivity index (χ2v) is 11.7. The molecule has 3 aromatic carbocycles. The molecule has 0 saturated carbocycles. The van der Waals surface area contributed by atoms with E-state index >= 15 is 0 Å². The molecule has 1 atom stereocenters. The van der Waals surface area contributed by atoms with Gasteiger partial charge in [-0.2, -0.15) is 0 Å². The van der Waals surface area contributed by atoms with Gasteiger partial charge in [0.25, 0.3) is 5.78 Å². The van der Waals surface area contributed by atoms with Gasteiger partial charge < -0.3 is 24.1 Å². The van der Waals surface area contributed by atoms with Crippen LogP contribution in [0.1, 0.15) is 64.8 Å². The number of thiazole rings is 1. The number of esters is 1. The number of aliphatic hydroxyl groups excluding tert-OH is 1. The Kier molecular flexibility index (Phi) is 10.6. The van der Waals surface area contributed by atoms with Gasteiger partial charge in [0.15, 0.2) is 16.6 Å². The molecule has 1 aliphatic heterocycles. The number of hydrogen-bond acceptors (Lipinski definition) is 10. The van der Waals surface area contributed by atoms with Gasteiger partial charge in [0.2, 0.25) is 0 Å². The molecule has 4 aromatic rings. The first-order valence-electron chi connectivity index (χ1n) is 15.3. The van der Waals surface area contributed by atoms with Gasteiger partial charge in [0.1, 0.15) is 23.0 Å². The van der Waals surface area contributed by atoms with Crippen molar-refractivity contribution in [2.75, 3.05) is 25.2 Å². The molecule has 0 spiro atoms. The molecule has 11 heteroatoms. The Morgan fingerprint density at radius 1 is 0.979 bits per heavy atom. The minimum atomic E-state index is -1.11. The van der Waals surface area contributed by atoms with Crippen LogP contribution >= 0.6 is 11.3 Å². The number of carbonyl (C=O) groups excluding carboxylic acids is 3. The van der Waals surface area contributed by atoms with Crippen molar-refractivity contribution in [2.45, 2.75) is 46.3 Å². The van der Waals surface area contributed by atoms with Crippen molar-refractivity contribution in [1.29, 1.82) is 0 Å². The lowest BCUT2D eigenvalue weighted by Crippen LogP contribution is -2.29. The molecule has 10 nitrogen and oxygen atoms in total. The molecule has 47 heavy (non-hydrogen) atoms. The van der Waals surface area contributed by atoms with E-state index in [1.165, 1.54) is 12.0 Å². The Labute approximate surface area is 277 Å². The van der Waals surface area contributed by atoms with Gasteiger partial charge in [-0.3, -0.25) is 14.5 Å². The fourth-order valence-corrected chi connectivity index (χ4v) is 6.14. The van der Waals surface area contributed by atoms with E-state index in [9.17, 15) is 19.5 Å². The number of rotatable bonds is 13. The molecule has 244 valence electrons. The van der Waals surface area contributed by atoms with Crippen LogP contribution in [0.25, 0.3) is 5.76 Å². The van der Waals surface area contributed by atoms with Crippen LogP contribution in [-0.2, 0) is 20.9 Å². The van der Waals surface area contributed by atoms with Gasteiger partial charge in [0, 0.05) is 5.56 Å². The zero-order valence-electron chi connectivity index (χ0n) is 26.6. The highest BCUT2D eigenvalue weighted by Gasteiger charge is 2.48. The van der Waals surface area contributed by atoms with Crippen LogP contribution in [0.5, 0.6) is 17.2 Å². The van der Waals surface area contributed by atoms with E-state index < -0.39 is 23.7 Å². The number of hydrogen-bond donors (Lipinski definition) is 1. The van der Waals surface area contributed by atoms with Crippen LogP contribution in [0.4, 0.5) is 5.13 Å². The summed E-state index contributed by atoms with van der Waals surface area (Å²) in [6.45, 7) is 6.33. The standard InChI is InChI=1S/C36H36N2O8S/c1-5-7-18-45-26-15-11-14-25(19-26)31(39)29-30(24-16-17-27(28(20-24)43-4)46-21-23-12-9-8-10-13-23)38(34(41)32(29)40)36-37-22(3)33(47-36)35(42)44-6-2/h8-17,19-20,30,39H,5-7,18,21H2,1-4H3. The van der Waals surface area contributed by atoms with E-state index in [1.807, 2.05) is 30.3 Å². The maximum absolute atomic E-state index is 13.8. The number of Topliss-reactive ketones (excluding diaryl/α,β-unsaturated/α-hetero) is 1. The lowest BCUT2D eigenvalue weighted by molar-refractivity contribution is -0.132. The van der Waals surface area contributed by atoms with Gasteiger partial charge in [-0.1, -0.05) is 73.2 Å². The maximum atomic E-state index is 13.8. The van der Waals surface area contributed by atoms with Crippen LogP contribution in [0.2, 0.25) is 0 Å². The van der Waals surface area contributed by atoms with Crippen molar-refractivity contribution in [2.24, 2.45) is 0 Å². The minimum Gasteiger partial charge on any atom is -0.507 e. The molecule has 1 aliphatic rings. The van der Waals surface area contributed by atoms with E-state index in [4.69, 9.17) is 18.9 Å². The molecular formula is C36H36N2O8S. The number of aryl methyl sites for hydroxylation is 1. The summed E-state index contributed by atoms with van der Waals surface area (Å²) < 4.78 is 22.7. The van der Waals surface area contributed by atoms with Crippen LogP contribution in [-0.4, -0.2) is 48.1 Å². The van der Waals surface area contributed by atoms with Crippen LogP contribution in [0.15, 0.2) is 78.4 Å². The number of carbonyl (C=O) groups is 3.